The van der Waals surface area contributed by atoms with Gasteiger partial charge in [0.25, 0.3) is 0 Å². The third kappa shape index (κ3) is 3.01. The van der Waals surface area contributed by atoms with Gasteiger partial charge < -0.3 is 20.4 Å². The van der Waals surface area contributed by atoms with Crippen molar-refractivity contribution in [3.63, 3.8) is 0 Å². The van der Waals surface area contributed by atoms with Crippen LogP contribution in [0.1, 0.15) is 37.8 Å². The van der Waals surface area contributed by atoms with Gasteiger partial charge in [-0.15, -0.1) is 0 Å². The maximum atomic E-state index is 9.52. The summed E-state index contributed by atoms with van der Waals surface area (Å²) in [6, 6.07) is 4.85. The fourth-order valence-electron chi connectivity index (χ4n) is 2.70. The van der Waals surface area contributed by atoms with Gasteiger partial charge in [-0.05, 0) is 58.0 Å². The summed E-state index contributed by atoms with van der Waals surface area (Å²) in [5.74, 6) is 0.212. The molecule has 19 heavy (non-hydrogen) atoms. The quantitative estimate of drug-likeness (QED) is 0.763. The highest BCUT2D eigenvalue weighted by molar-refractivity contribution is 5.37. The molecule has 1 aliphatic carbocycles. The van der Waals surface area contributed by atoms with Crippen LogP contribution in [0.4, 0.5) is 0 Å². The summed E-state index contributed by atoms with van der Waals surface area (Å²) in [7, 11) is 4.26. The fourth-order valence-corrected chi connectivity index (χ4v) is 2.70. The molecule has 106 valence electrons. The van der Waals surface area contributed by atoms with Crippen LogP contribution in [0, 0.1) is 0 Å². The van der Waals surface area contributed by atoms with E-state index in [2.05, 4.69) is 31.2 Å². The average Bonchev–Trinajstić information content (AvgIpc) is 2.25. The van der Waals surface area contributed by atoms with Crippen LogP contribution >= 0.6 is 0 Å². The highest BCUT2D eigenvalue weighted by Gasteiger charge is 2.38. The fraction of sp³-hybridized carbons (Fsp3) is 0.600. The lowest BCUT2D eigenvalue weighted by Crippen LogP contribution is -2.56. The minimum atomic E-state index is 0.106. The van der Waals surface area contributed by atoms with Gasteiger partial charge in [-0.1, -0.05) is 0 Å². The van der Waals surface area contributed by atoms with Gasteiger partial charge >= 0.3 is 0 Å². The number of nitrogens with one attached hydrogen (secondary N) is 1. The van der Waals surface area contributed by atoms with Gasteiger partial charge in [0, 0.05) is 24.2 Å². The molecule has 1 atom stereocenters. The largest absolute Gasteiger partial charge is 0.508 e. The number of aromatic hydroxyl groups is 2. The number of hydrogen-bond donors (Lipinski definition) is 3. The van der Waals surface area contributed by atoms with Crippen molar-refractivity contribution < 1.29 is 10.2 Å². The standard InChI is InChI=1S/C15H24N2O2/c1-11(12-7-13(18)9-14(19)8-12)16-10-15(17(2)3)5-4-6-15/h7-9,11,16,18-19H,4-6,10H2,1-3H3. The number of likely N-dealkylation sites (N-methyl/N-ethyl adjacent to an activating group) is 1. The van der Waals surface area contributed by atoms with Crippen LogP contribution in [0.3, 0.4) is 0 Å². The van der Waals surface area contributed by atoms with Crippen molar-refractivity contribution in [2.24, 2.45) is 0 Å². The molecule has 1 fully saturated rings. The molecular weight excluding hydrogens is 240 g/mol. The molecule has 4 nitrogen and oxygen atoms in total. The number of nitrogens with zero attached hydrogens (tertiary/aromatic N) is 1. The maximum absolute atomic E-state index is 9.52. The lowest BCUT2D eigenvalue weighted by atomic mass is 9.75. The first-order valence-corrected chi connectivity index (χ1v) is 6.87. The second-order valence-electron chi connectivity index (χ2n) is 5.86. The van der Waals surface area contributed by atoms with E-state index in [1.165, 1.54) is 25.3 Å². The molecular formula is C15H24N2O2. The molecule has 0 aliphatic heterocycles. The normalized spacial score (nSPS) is 19.2. The second kappa shape index (κ2) is 5.39. The Morgan fingerprint density at radius 2 is 1.79 bits per heavy atom. The lowest BCUT2D eigenvalue weighted by molar-refractivity contribution is 0.0576. The molecule has 0 amide bonds. The van der Waals surface area contributed by atoms with Gasteiger partial charge in [0.2, 0.25) is 0 Å². The minimum Gasteiger partial charge on any atom is -0.508 e. The van der Waals surface area contributed by atoms with Crippen molar-refractivity contribution in [2.45, 2.75) is 37.8 Å². The van der Waals surface area contributed by atoms with Crippen LogP contribution in [-0.4, -0.2) is 41.3 Å². The maximum Gasteiger partial charge on any atom is 0.119 e. The number of phenols is 2. The molecule has 1 unspecified atom stereocenters. The van der Waals surface area contributed by atoms with Crippen LogP contribution in [0.5, 0.6) is 11.5 Å². The number of benzene rings is 1. The smallest absolute Gasteiger partial charge is 0.119 e. The van der Waals surface area contributed by atoms with Crippen LogP contribution in [-0.2, 0) is 0 Å². The van der Waals surface area contributed by atoms with Gasteiger partial charge in [-0.2, -0.15) is 0 Å². The lowest BCUT2D eigenvalue weighted by Gasteiger charge is -2.48. The molecule has 3 N–H and O–H groups in total. The molecule has 1 saturated carbocycles. The summed E-state index contributed by atoms with van der Waals surface area (Å²) in [5, 5.41) is 22.6. The van der Waals surface area contributed by atoms with E-state index < -0.39 is 0 Å². The van der Waals surface area contributed by atoms with E-state index in [4.69, 9.17) is 0 Å². The summed E-state index contributed by atoms with van der Waals surface area (Å²) < 4.78 is 0. The molecule has 0 saturated heterocycles. The minimum absolute atomic E-state index is 0.106. The Kier molecular flexibility index (Phi) is 4.02. The first-order chi connectivity index (χ1) is 8.93. The van der Waals surface area contributed by atoms with Crippen LogP contribution in [0.25, 0.3) is 0 Å². The first-order valence-electron chi connectivity index (χ1n) is 6.87. The summed E-state index contributed by atoms with van der Waals surface area (Å²) in [5.41, 5.74) is 1.18. The molecule has 0 aromatic heterocycles. The number of rotatable bonds is 5. The Bertz CT molecular complexity index is 422. The molecule has 0 heterocycles. The van der Waals surface area contributed by atoms with Crippen LogP contribution in [0.15, 0.2) is 18.2 Å². The Hall–Kier alpha value is -1.26. The summed E-state index contributed by atoms with van der Waals surface area (Å²) >= 11 is 0. The van der Waals surface area contributed by atoms with Gasteiger partial charge in [-0.25, -0.2) is 0 Å². The average molecular weight is 264 g/mol. The van der Waals surface area contributed by atoms with Crippen molar-refractivity contribution >= 4 is 0 Å². The van der Waals surface area contributed by atoms with Crippen molar-refractivity contribution in [1.29, 1.82) is 0 Å². The molecule has 4 heteroatoms. The van der Waals surface area contributed by atoms with E-state index in [1.807, 2.05) is 0 Å². The van der Waals surface area contributed by atoms with E-state index in [9.17, 15) is 10.2 Å². The monoisotopic (exact) mass is 264 g/mol. The van der Waals surface area contributed by atoms with Gasteiger partial charge in [0.1, 0.15) is 11.5 Å². The summed E-state index contributed by atoms with van der Waals surface area (Å²) in [6.07, 6.45) is 3.75. The Morgan fingerprint density at radius 3 is 2.21 bits per heavy atom. The number of phenolic OH excluding ortho intramolecular Hbond substituents is 2. The van der Waals surface area contributed by atoms with Crippen LogP contribution < -0.4 is 5.32 Å². The number of hydrogen-bond acceptors (Lipinski definition) is 4. The molecule has 0 radical (unpaired) electrons. The van der Waals surface area contributed by atoms with Crippen molar-refractivity contribution in [1.82, 2.24) is 10.2 Å². The molecule has 1 aromatic carbocycles. The van der Waals surface area contributed by atoms with E-state index in [1.54, 1.807) is 12.1 Å². The third-order valence-electron chi connectivity index (χ3n) is 4.40. The van der Waals surface area contributed by atoms with E-state index in [-0.39, 0.29) is 23.1 Å². The molecule has 2 rings (SSSR count). The van der Waals surface area contributed by atoms with Crippen LogP contribution in [0.2, 0.25) is 0 Å². The Balaban J connectivity index is 1.99. The van der Waals surface area contributed by atoms with Gasteiger partial charge in [0.15, 0.2) is 0 Å². The van der Waals surface area contributed by atoms with E-state index in [0.29, 0.717) is 0 Å². The first kappa shape index (κ1) is 14.2. The highest BCUT2D eigenvalue weighted by Crippen LogP contribution is 2.36. The van der Waals surface area contributed by atoms with Gasteiger partial charge in [0.05, 0.1) is 0 Å². The second-order valence-corrected chi connectivity index (χ2v) is 5.86. The molecule has 0 bridgehead atoms. The molecule has 1 aliphatic rings. The van der Waals surface area contributed by atoms with E-state index in [0.717, 1.165) is 12.1 Å². The topological polar surface area (TPSA) is 55.7 Å². The predicted molar refractivity (Wildman–Crippen MR) is 76.5 cm³/mol. The summed E-state index contributed by atoms with van der Waals surface area (Å²) in [6.45, 7) is 2.98. The zero-order valence-electron chi connectivity index (χ0n) is 12.0. The molecule has 0 spiro atoms. The molecule has 1 aromatic rings. The summed E-state index contributed by atoms with van der Waals surface area (Å²) in [4.78, 5) is 2.30. The third-order valence-corrected chi connectivity index (χ3v) is 4.40. The van der Waals surface area contributed by atoms with Gasteiger partial charge in [-0.3, -0.25) is 0 Å². The Labute approximate surface area is 115 Å². The Morgan fingerprint density at radius 1 is 1.21 bits per heavy atom. The SMILES string of the molecule is CC(NCC1(N(C)C)CCC1)c1cc(O)cc(O)c1. The highest BCUT2D eigenvalue weighted by atomic mass is 16.3. The predicted octanol–water partition coefficient (Wildman–Crippen LogP) is 2.23. The zero-order chi connectivity index (χ0) is 14.0. The van der Waals surface area contributed by atoms with E-state index >= 15 is 0 Å². The van der Waals surface area contributed by atoms with Crippen molar-refractivity contribution in [3.8, 4) is 11.5 Å². The van der Waals surface area contributed by atoms with Crippen molar-refractivity contribution in [2.75, 3.05) is 20.6 Å². The van der Waals surface area contributed by atoms with Crippen molar-refractivity contribution in [3.05, 3.63) is 23.8 Å². The zero-order valence-corrected chi connectivity index (χ0v) is 12.0.